The molecule has 0 aliphatic rings. The SMILES string of the molecule is Cc1ccc(=O)n(CC(=O)Nc2ccc(F)c(Cl)c2)c1. The molecule has 0 radical (unpaired) electrons. The van der Waals surface area contributed by atoms with Crippen LogP contribution in [0.3, 0.4) is 0 Å². The third-order valence-electron chi connectivity index (χ3n) is 2.65. The van der Waals surface area contributed by atoms with Gasteiger partial charge in [0.2, 0.25) is 5.91 Å². The van der Waals surface area contributed by atoms with E-state index in [4.69, 9.17) is 11.6 Å². The zero-order valence-electron chi connectivity index (χ0n) is 10.7. The van der Waals surface area contributed by atoms with Gasteiger partial charge in [-0.2, -0.15) is 0 Å². The number of rotatable bonds is 3. The van der Waals surface area contributed by atoms with E-state index in [1.54, 1.807) is 12.3 Å². The molecule has 1 heterocycles. The lowest BCUT2D eigenvalue weighted by atomic mass is 10.3. The number of aromatic nitrogens is 1. The van der Waals surface area contributed by atoms with Crippen LogP contribution in [0.5, 0.6) is 0 Å². The van der Waals surface area contributed by atoms with E-state index in [9.17, 15) is 14.0 Å². The summed E-state index contributed by atoms with van der Waals surface area (Å²) in [4.78, 5) is 23.4. The molecular weight excluding hydrogens is 283 g/mol. The van der Waals surface area contributed by atoms with E-state index in [1.165, 1.54) is 22.8 Å². The molecule has 2 rings (SSSR count). The van der Waals surface area contributed by atoms with E-state index >= 15 is 0 Å². The molecule has 0 unspecified atom stereocenters. The first kappa shape index (κ1) is 14.3. The van der Waals surface area contributed by atoms with Crippen molar-refractivity contribution in [1.82, 2.24) is 4.57 Å². The zero-order valence-corrected chi connectivity index (χ0v) is 11.4. The first-order valence-corrected chi connectivity index (χ1v) is 6.25. The number of carbonyl (C=O) groups is 1. The average molecular weight is 295 g/mol. The highest BCUT2D eigenvalue weighted by Gasteiger charge is 2.07. The topological polar surface area (TPSA) is 51.1 Å². The van der Waals surface area contributed by atoms with Crippen LogP contribution in [0.1, 0.15) is 5.56 Å². The lowest BCUT2D eigenvalue weighted by molar-refractivity contribution is -0.116. The van der Waals surface area contributed by atoms with Crippen molar-refractivity contribution in [3.63, 3.8) is 0 Å². The largest absolute Gasteiger partial charge is 0.324 e. The molecule has 0 spiro atoms. The standard InChI is InChI=1S/C14H12ClFN2O2/c1-9-2-5-14(20)18(7-9)8-13(19)17-10-3-4-12(16)11(15)6-10/h2-7H,8H2,1H3,(H,17,19). The Labute approximate surface area is 119 Å². The second-order valence-corrected chi connectivity index (χ2v) is 4.76. The second-order valence-electron chi connectivity index (χ2n) is 4.35. The zero-order chi connectivity index (χ0) is 14.7. The molecule has 4 nitrogen and oxygen atoms in total. The molecule has 0 atom stereocenters. The molecule has 0 saturated carbocycles. The van der Waals surface area contributed by atoms with Crippen molar-refractivity contribution in [1.29, 1.82) is 0 Å². The number of nitrogens with one attached hydrogen (secondary N) is 1. The van der Waals surface area contributed by atoms with Gasteiger partial charge in [0.25, 0.3) is 5.56 Å². The Balaban J connectivity index is 2.11. The smallest absolute Gasteiger partial charge is 0.251 e. The van der Waals surface area contributed by atoms with Crippen molar-refractivity contribution < 1.29 is 9.18 Å². The summed E-state index contributed by atoms with van der Waals surface area (Å²) in [6.45, 7) is 1.71. The van der Waals surface area contributed by atoms with Crippen molar-refractivity contribution in [2.45, 2.75) is 13.5 Å². The predicted octanol–water partition coefficient (Wildman–Crippen LogP) is 2.59. The van der Waals surface area contributed by atoms with Crippen molar-refractivity contribution in [3.8, 4) is 0 Å². The predicted molar refractivity (Wildman–Crippen MR) is 75.5 cm³/mol. The van der Waals surface area contributed by atoms with Gasteiger partial charge in [-0.05, 0) is 30.7 Å². The summed E-state index contributed by atoms with van der Waals surface area (Å²) in [5, 5.41) is 2.48. The minimum Gasteiger partial charge on any atom is -0.324 e. The van der Waals surface area contributed by atoms with Crippen LogP contribution < -0.4 is 10.9 Å². The molecule has 6 heteroatoms. The van der Waals surface area contributed by atoms with Crippen LogP contribution >= 0.6 is 11.6 Å². The number of hydrogen-bond donors (Lipinski definition) is 1. The number of anilines is 1. The number of nitrogens with zero attached hydrogens (tertiary/aromatic N) is 1. The molecule has 0 fully saturated rings. The summed E-state index contributed by atoms with van der Waals surface area (Å²) in [5.74, 6) is -0.944. The second kappa shape index (κ2) is 5.88. The lowest BCUT2D eigenvalue weighted by Gasteiger charge is -2.08. The highest BCUT2D eigenvalue weighted by molar-refractivity contribution is 6.31. The van der Waals surface area contributed by atoms with E-state index in [0.717, 1.165) is 11.6 Å². The molecule has 1 amide bonds. The van der Waals surface area contributed by atoms with Gasteiger partial charge in [0.15, 0.2) is 0 Å². The molecule has 0 aliphatic carbocycles. The number of halogens is 2. The number of amides is 1. The molecule has 0 saturated heterocycles. The first-order chi connectivity index (χ1) is 9.45. The quantitative estimate of drug-likeness (QED) is 0.946. The van der Waals surface area contributed by atoms with Crippen molar-refractivity contribution in [2.24, 2.45) is 0 Å². The monoisotopic (exact) mass is 294 g/mol. The average Bonchev–Trinajstić information content (AvgIpc) is 2.38. The maximum absolute atomic E-state index is 13.0. The van der Waals surface area contributed by atoms with Crippen molar-refractivity contribution in [2.75, 3.05) is 5.32 Å². The van der Waals surface area contributed by atoms with Gasteiger partial charge in [-0.15, -0.1) is 0 Å². The molecular formula is C14H12ClFN2O2. The maximum Gasteiger partial charge on any atom is 0.251 e. The maximum atomic E-state index is 13.0. The fourth-order valence-corrected chi connectivity index (χ4v) is 1.88. The Morgan fingerprint density at radius 3 is 2.80 bits per heavy atom. The third kappa shape index (κ3) is 3.45. The molecule has 2 aromatic rings. The summed E-state index contributed by atoms with van der Waals surface area (Å²) in [5.41, 5.74) is 0.993. The Morgan fingerprint density at radius 2 is 2.10 bits per heavy atom. The van der Waals surface area contributed by atoms with Crippen LogP contribution in [0.25, 0.3) is 0 Å². The molecule has 1 N–H and O–H groups in total. The van der Waals surface area contributed by atoms with E-state index in [0.29, 0.717) is 5.69 Å². The van der Waals surface area contributed by atoms with Gasteiger partial charge in [0.05, 0.1) is 5.02 Å². The van der Waals surface area contributed by atoms with E-state index in [-0.39, 0.29) is 23.0 Å². The van der Waals surface area contributed by atoms with E-state index in [1.807, 2.05) is 6.92 Å². The summed E-state index contributed by atoms with van der Waals surface area (Å²) in [7, 11) is 0. The molecule has 104 valence electrons. The summed E-state index contributed by atoms with van der Waals surface area (Å²) in [6, 6.07) is 6.95. The van der Waals surface area contributed by atoms with Crippen LogP contribution in [0.4, 0.5) is 10.1 Å². The van der Waals surface area contributed by atoms with Crippen LogP contribution in [0.2, 0.25) is 5.02 Å². The summed E-state index contributed by atoms with van der Waals surface area (Å²) in [6.07, 6.45) is 1.60. The first-order valence-electron chi connectivity index (χ1n) is 5.88. The third-order valence-corrected chi connectivity index (χ3v) is 2.94. The van der Waals surface area contributed by atoms with Crippen molar-refractivity contribution in [3.05, 3.63) is 63.3 Å². The molecule has 0 bridgehead atoms. The van der Waals surface area contributed by atoms with Gasteiger partial charge < -0.3 is 9.88 Å². The van der Waals surface area contributed by atoms with E-state index < -0.39 is 5.82 Å². The van der Waals surface area contributed by atoms with E-state index in [2.05, 4.69) is 5.32 Å². The fraction of sp³-hybridized carbons (Fsp3) is 0.143. The number of benzene rings is 1. The number of pyridine rings is 1. The Morgan fingerprint density at radius 1 is 1.35 bits per heavy atom. The van der Waals surface area contributed by atoms with Gasteiger partial charge in [-0.1, -0.05) is 17.7 Å². The minimum absolute atomic E-state index is 0.0736. The fourth-order valence-electron chi connectivity index (χ4n) is 1.70. The van der Waals surface area contributed by atoms with Crippen LogP contribution in [-0.2, 0) is 11.3 Å². The van der Waals surface area contributed by atoms with Gasteiger partial charge in [-0.3, -0.25) is 9.59 Å². The lowest BCUT2D eigenvalue weighted by Crippen LogP contribution is -2.26. The number of hydrogen-bond acceptors (Lipinski definition) is 2. The summed E-state index contributed by atoms with van der Waals surface area (Å²) >= 11 is 5.62. The minimum atomic E-state index is -0.556. The Kier molecular flexibility index (Phi) is 4.20. The van der Waals surface area contributed by atoms with Gasteiger partial charge >= 0.3 is 0 Å². The van der Waals surface area contributed by atoms with Gasteiger partial charge in [0, 0.05) is 18.0 Å². The molecule has 1 aromatic carbocycles. The number of carbonyl (C=O) groups excluding carboxylic acids is 1. The van der Waals surface area contributed by atoms with Crippen LogP contribution in [0, 0.1) is 12.7 Å². The Hall–Kier alpha value is -2.14. The summed E-state index contributed by atoms with van der Waals surface area (Å²) < 4.78 is 14.3. The van der Waals surface area contributed by atoms with Gasteiger partial charge in [-0.25, -0.2) is 4.39 Å². The van der Waals surface area contributed by atoms with Crippen LogP contribution in [-0.4, -0.2) is 10.5 Å². The highest BCUT2D eigenvalue weighted by atomic mass is 35.5. The van der Waals surface area contributed by atoms with Crippen LogP contribution in [0.15, 0.2) is 41.3 Å². The van der Waals surface area contributed by atoms with Gasteiger partial charge in [0.1, 0.15) is 12.4 Å². The van der Waals surface area contributed by atoms with Crippen molar-refractivity contribution >= 4 is 23.2 Å². The Bertz CT molecular complexity index is 713. The molecule has 0 aliphatic heterocycles. The normalized spacial score (nSPS) is 10.3. The molecule has 20 heavy (non-hydrogen) atoms. The molecule has 1 aromatic heterocycles. The highest BCUT2D eigenvalue weighted by Crippen LogP contribution is 2.19. The number of aryl methyl sites for hydroxylation is 1.